The summed E-state index contributed by atoms with van der Waals surface area (Å²) in [5.41, 5.74) is 2.76. The van der Waals surface area contributed by atoms with Crippen molar-refractivity contribution in [3.8, 4) is 0 Å². The lowest BCUT2D eigenvalue weighted by Gasteiger charge is -2.32. The van der Waals surface area contributed by atoms with Gasteiger partial charge in [-0.1, -0.05) is 18.2 Å². The molecule has 2 rings (SSSR count). The molecule has 0 spiro atoms. The second-order valence-electron chi connectivity index (χ2n) is 6.25. The van der Waals surface area contributed by atoms with Gasteiger partial charge in [0, 0.05) is 6.61 Å². The Morgan fingerprint density at radius 1 is 1.11 bits per heavy atom. The molecular weight excluding hydrogens is 239 g/mol. The van der Waals surface area contributed by atoms with Crippen molar-refractivity contribution in [3.05, 3.63) is 29.3 Å². The zero-order valence-electron chi connectivity index (χ0n) is 12.5. The van der Waals surface area contributed by atoms with Crippen LogP contribution in [0.4, 0.5) is 0 Å². The van der Waals surface area contributed by atoms with Gasteiger partial charge >= 0.3 is 7.12 Å². The summed E-state index contributed by atoms with van der Waals surface area (Å²) in [6.45, 7) is 10.5. The van der Waals surface area contributed by atoms with E-state index in [0.717, 1.165) is 5.46 Å². The van der Waals surface area contributed by atoms with Gasteiger partial charge < -0.3 is 14.4 Å². The molecule has 1 aliphatic rings. The molecule has 0 unspecified atom stereocenters. The molecule has 0 radical (unpaired) electrons. The molecule has 0 atom stereocenters. The lowest BCUT2D eigenvalue weighted by atomic mass is 9.77. The van der Waals surface area contributed by atoms with Gasteiger partial charge in [-0.05, 0) is 57.6 Å². The SMILES string of the molecule is Cc1cc(B2OC(C)(C)C(C)(C)O2)ccc1CCO. The van der Waals surface area contributed by atoms with E-state index in [9.17, 15) is 0 Å². The highest BCUT2D eigenvalue weighted by molar-refractivity contribution is 6.62. The Morgan fingerprint density at radius 3 is 2.16 bits per heavy atom. The molecule has 4 heteroatoms. The normalized spacial score (nSPS) is 20.8. The van der Waals surface area contributed by atoms with Crippen LogP contribution in [0.15, 0.2) is 18.2 Å². The van der Waals surface area contributed by atoms with E-state index >= 15 is 0 Å². The molecule has 0 amide bonds. The van der Waals surface area contributed by atoms with Crippen molar-refractivity contribution >= 4 is 12.6 Å². The van der Waals surface area contributed by atoms with Crippen LogP contribution >= 0.6 is 0 Å². The van der Waals surface area contributed by atoms with E-state index in [1.807, 2.05) is 12.1 Å². The van der Waals surface area contributed by atoms with Gasteiger partial charge in [0.05, 0.1) is 11.2 Å². The number of aliphatic hydroxyl groups is 1. The first-order valence-electron chi connectivity index (χ1n) is 6.83. The molecule has 1 fully saturated rings. The van der Waals surface area contributed by atoms with Crippen molar-refractivity contribution in [3.63, 3.8) is 0 Å². The minimum absolute atomic E-state index is 0.177. The summed E-state index contributed by atoms with van der Waals surface area (Å²) in [5, 5.41) is 9.01. The molecule has 0 bridgehead atoms. The van der Waals surface area contributed by atoms with Gasteiger partial charge in [0.2, 0.25) is 0 Å². The van der Waals surface area contributed by atoms with Crippen LogP contribution in [0.1, 0.15) is 38.8 Å². The lowest BCUT2D eigenvalue weighted by molar-refractivity contribution is 0.00578. The molecule has 1 saturated heterocycles. The third-order valence-corrected chi connectivity index (χ3v) is 4.27. The van der Waals surface area contributed by atoms with E-state index in [1.54, 1.807) is 0 Å². The lowest BCUT2D eigenvalue weighted by Crippen LogP contribution is -2.41. The molecule has 0 saturated carbocycles. The zero-order valence-corrected chi connectivity index (χ0v) is 12.5. The van der Waals surface area contributed by atoms with E-state index in [0.29, 0.717) is 6.42 Å². The molecule has 1 heterocycles. The minimum Gasteiger partial charge on any atom is -0.399 e. The van der Waals surface area contributed by atoms with Crippen molar-refractivity contribution in [2.75, 3.05) is 6.61 Å². The Labute approximate surface area is 116 Å². The molecule has 0 aromatic heterocycles. The summed E-state index contributed by atoms with van der Waals surface area (Å²) < 4.78 is 12.1. The average Bonchev–Trinajstić information content (AvgIpc) is 2.51. The van der Waals surface area contributed by atoms with E-state index in [4.69, 9.17) is 14.4 Å². The summed E-state index contributed by atoms with van der Waals surface area (Å²) >= 11 is 0. The zero-order chi connectivity index (χ0) is 14.3. The van der Waals surface area contributed by atoms with E-state index < -0.39 is 0 Å². The van der Waals surface area contributed by atoms with Crippen LogP contribution in [0.3, 0.4) is 0 Å². The summed E-state index contributed by atoms with van der Waals surface area (Å²) in [7, 11) is -0.313. The fourth-order valence-electron chi connectivity index (χ4n) is 2.25. The first-order chi connectivity index (χ1) is 8.77. The highest BCUT2D eigenvalue weighted by Gasteiger charge is 2.51. The highest BCUT2D eigenvalue weighted by atomic mass is 16.7. The third kappa shape index (κ3) is 2.71. The largest absolute Gasteiger partial charge is 0.494 e. The van der Waals surface area contributed by atoms with Gasteiger partial charge in [-0.15, -0.1) is 0 Å². The van der Waals surface area contributed by atoms with Crippen molar-refractivity contribution < 1.29 is 14.4 Å². The first-order valence-corrected chi connectivity index (χ1v) is 6.83. The Bertz CT molecular complexity index is 452. The quantitative estimate of drug-likeness (QED) is 0.844. The van der Waals surface area contributed by atoms with Gasteiger partial charge in [0.15, 0.2) is 0 Å². The smallest absolute Gasteiger partial charge is 0.399 e. The summed E-state index contributed by atoms with van der Waals surface area (Å²) in [6, 6.07) is 6.17. The molecule has 1 aromatic rings. The third-order valence-electron chi connectivity index (χ3n) is 4.27. The van der Waals surface area contributed by atoms with Crippen molar-refractivity contribution in [2.24, 2.45) is 0 Å². The maximum atomic E-state index is 9.01. The monoisotopic (exact) mass is 262 g/mol. The van der Waals surface area contributed by atoms with Crippen molar-refractivity contribution in [1.82, 2.24) is 0 Å². The van der Waals surface area contributed by atoms with E-state index in [1.165, 1.54) is 11.1 Å². The van der Waals surface area contributed by atoms with Crippen LogP contribution in [0, 0.1) is 6.92 Å². The summed E-state index contributed by atoms with van der Waals surface area (Å²) in [5.74, 6) is 0. The molecule has 104 valence electrons. The van der Waals surface area contributed by atoms with Crippen molar-refractivity contribution in [1.29, 1.82) is 0 Å². The maximum absolute atomic E-state index is 9.01. The highest BCUT2D eigenvalue weighted by Crippen LogP contribution is 2.36. The van der Waals surface area contributed by atoms with Crippen LogP contribution in [0.5, 0.6) is 0 Å². The Morgan fingerprint density at radius 2 is 1.68 bits per heavy atom. The Balaban J connectivity index is 2.23. The van der Waals surface area contributed by atoms with Gasteiger partial charge in [0.1, 0.15) is 0 Å². The number of rotatable bonds is 3. The number of aliphatic hydroxyl groups excluding tert-OH is 1. The van der Waals surface area contributed by atoms with E-state index in [-0.39, 0.29) is 24.9 Å². The van der Waals surface area contributed by atoms with Gasteiger partial charge in [-0.2, -0.15) is 0 Å². The van der Waals surface area contributed by atoms with Crippen LogP contribution in [-0.4, -0.2) is 30.0 Å². The van der Waals surface area contributed by atoms with Gasteiger partial charge in [-0.3, -0.25) is 0 Å². The molecule has 0 aliphatic carbocycles. The topological polar surface area (TPSA) is 38.7 Å². The minimum atomic E-state index is -0.313. The number of aryl methyl sites for hydroxylation is 1. The van der Waals surface area contributed by atoms with Crippen LogP contribution in [-0.2, 0) is 15.7 Å². The Hall–Kier alpha value is -0.835. The number of benzene rings is 1. The maximum Gasteiger partial charge on any atom is 0.494 e. The molecule has 1 aliphatic heterocycles. The summed E-state index contributed by atoms with van der Waals surface area (Å²) in [6.07, 6.45) is 0.690. The van der Waals surface area contributed by atoms with Crippen molar-refractivity contribution in [2.45, 2.75) is 52.2 Å². The second kappa shape index (κ2) is 4.93. The fraction of sp³-hybridized carbons (Fsp3) is 0.600. The molecule has 1 N–H and O–H groups in total. The van der Waals surface area contributed by atoms with Gasteiger partial charge in [-0.25, -0.2) is 0 Å². The standard InChI is InChI=1S/C15H23BO3/c1-11-10-13(7-6-12(11)8-9-17)16-18-14(2,3)15(4,5)19-16/h6-7,10,17H,8-9H2,1-5H3. The van der Waals surface area contributed by atoms with E-state index in [2.05, 4.69) is 40.7 Å². The summed E-state index contributed by atoms with van der Waals surface area (Å²) in [4.78, 5) is 0. The van der Waals surface area contributed by atoms with Crippen LogP contribution in [0.25, 0.3) is 0 Å². The Kier molecular flexibility index (Phi) is 3.78. The average molecular weight is 262 g/mol. The fourth-order valence-corrected chi connectivity index (χ4v) is 2.25. The van der Waals surface area contributed by atoms with Crippen LogP contribution in [0.2, 0.25) is 0 Å². The number of hydrogen-bond donors (Lipinski definition) is 1. The second-order valence-corrected chi connectivity index (χ2v) is 6.25. The molecule has 1 aromatic carbocycles. The van der Waals surface area contributed by atoms with Gasteiger partial charge in [0.25, 0.3) is 0 Å². The first kappa shape index (κ1) is 14.6. The molecule has 3 nitrogen and oxygen atoms in total. The molecular formula is C15H23BO3. The molecule has 19 heavy (non-hydrogen) atoms. The van der Waals surface area contributed by atoms with Crippen LogP contribution < -0.4 is 5.46 Å². The number of hydrogen-bond acceptors (Lipinski definition) is 3. The predicted octanol–water partition coefficient (Wildman–Crippen LogP) is 1.83. The predicted molar refractivity (Wildman–Crippen MR) is 77.7 cm³/mol.